The Balaban J connectivity index is 1.87. The van der Waals surface area contributed by atoms with E-state index in [-0.39, 0.29) is 5.91 Å². The summed E-state index contributed by atoms with van der Waals surface area (Å²) in [4.78, 5) is 15.9. The van der Waals surface area contributed by atoms with Crippen molar-refractivity contribution < 1.29 is 4.79 Å². The fraction of sp³-hybridized carbons (Fsp3) is 0.273. The van der Waals surface area contributed by atoms with Gasteiger partial charge in [-0.05, 0) is 12.1 Å². The van der Waals surface area contributed by atoms with Crippen LogP contribution in [0.3, 0.4) is 0 Å². The predicted octanol–water partition coefficient (Wildman–Crippen LogP) is -0.438. The Kier molecular flexibility index (Phi) is 3.98. The summed E-state index contributed by atoms with van der Waals surface area (Å²) in [6.45, 7) is 1.39. The monoisotopic (exact) mass is 246 g/mol. The molecule has 2 rings (SSSR count). The zero-order valence-corrected chi connectivity index (χ0v) is 9.78. The molecule has 0 bridgehead atoms. The van der Waals surface area contributed by atoms with Crippen molar-refractivity contribution in [3.63, 3.8) is 0 Å². The molecule has 0 aromatic carbocycles. The summed E-state index contributed by atoms with van der Waals surface area (Å²) in [5, 5.41) is 10.3. The minimum atomic E-state index is -0.146. The highest BCUT2D eigenvalue weighted by Crippen LogP contribution is 2.00. The Morgan fingerprint density at radius 2 is 2.33 bits per heavy atom. The summed E-state index contributed by atoms with van der Waals surface area (Å²) in [5.41, 5.74) is 6.72. The average Bonchev–Trinajstić information content (AvgIpc) is 2.92. The van der Waals surface area contributed by atoms with Crippen LogP contribution in [0.15, 0.2) is 30.7 Å². The summed E-state index contributed by atoms with van der Waals surface area (Å²) < 4.78 is 1.65. The molecule has 0 saturated heterocycles. The van der Waals surface area contributed by atoms with E-state index in [1.807, 2.05) is 0 Å². The molecule has 2 aromatic rings. The molecule has 1 amide bonds. The van der Waals surface area contributed by atoms with Crippen LogP contribution >= 0.6 is 0 Å². The number of aromatic nitrogens is 4. The van der Waals surface area contributed by atoms with Crippen LogP contribution in [0.2, 0.25) is 0 Å². The van der Waals surface area contributed by atoms with Crippen molar-refractivity contribution >= 4 is 5.91 Å². The van der Waals surface area contributed by atoms with E-state index >= 15 is 0 Å². The Hall–Kier alpha value is -2.28. The lowest BCUT2D eigenvalue weighted by Gasteiger charge is -2.05. The van der Waals surface area contributed by atoms with Crippen LogP contribution in [0.25, 0.3) is 0 Å². The van der Waals surface area contributed by atoms with Gasteiger partial charge < -0.3 is 11.1 Å². The molecule has 0 atom stereocenters. The Bertz CT molecular complexity index is 510. The first-order chi connectivity index (χ1) is 8.79. The largest absolute Gasteiger partial charge is 0.350 e. The number of nitrogens with zero attached hydrogens (tertiary/aromatic N) is 4. The fourth-order valence-electron chi connectivity index (χ4n) is 1.47. The van der Waals surface area contributed by atoms with E-state index in [1.54, 1.807) is 35.4 Å². The molecule has 0 fully saturated rings. The Morgan fingerprint density at radius 1 is 1.44 bits per heavy atom. The number of hydrogen-bond acceptors (Lipinski definition) is 5. The molecule has 2 aromatic heterocycles. The first kappa shape index (κ1) is 12.2. The predicted molar refractivity (Wildman–Crippen MR) is 64.5 cm³/mol. The van der Waals surface area contributed by atoms with Gasteiger partial charge in [-0.25, -0.2) is 0 Å². The number of nitrogens with two attached hydrogens (primary N) is 1. The smallest absolute Gasteiger partial charge is 0.251 e. The highest BCUT2D eigenvalue weighted by molar-refractivity contribution is 5.94. The van der Waals surface area contributed by atoms with Crippen LogP contribution in [0, 0.1) is 0 Å². The van der Waals surface area contributed by atoms with Crippen LogP contribution in [0.5, 0.6) is 0 Å². The molecule has 0 aliphatic carbocycles. The lowest BCUT2D eigenvalue weighted by Crippen LogP contribution is -2.27. The molecule has 0 saturated carbocycles. The van der Waals surface area contributed by atoms with Gasteiger partial charge >= 0.3 is 0 Å². The summed E-state index contributed by atoms with van der Waals surface area (Å²) in [5.74, 6) is -0.146. The first-order valence-corrected chi connectivity index (χ1v) is 5.57. The number of carbonyl (C=O) groups excluding carboxylic acids is 1. The summed E-state index contributed by atoms with van der Waals surface area (Å²) in [6.07, 6.45) is 4.91. The van der Waals surface area contributed by atoms with Crippen LogP contribution in [-0.4, -0.2) is 32.4 Å². The number of rotatable bonds is 5. The molecule has 0 aliphatic rings. The minimum Gasteiger partial charge on any atom is -0.350 e. The van der Waals surface area contributed by atoms with Crippen molar-refractivity contribution in [3.8, 4) is 0 Å². The molecule has 18 heavy (non-hydrogen) atoms. The molecule has 7 nitrogen and oxygen atoms in total. The zero-order chi connectivity index (χ0) is 12.8. The van der Waals surface area contributed by atoms with Crippen molar-refractivity contribution in [1.82, 2.24) is 25.3 Å². The maximum Gasteiger partial charge on any atom is 0.251 e. The van der Waals surface area contributed by atoms with Gasteiger partial charge in [-0.3, -0.25) is 14.5 Å². The highest BCUT2D eigenvalue weighted by atomic mass is 16.1. The molecule has 0 unspecified atom stereocenters. The summed E-state index contributed by atoms with van der Waals surface area (Å²) in [7, 11) is 0. The number of pyridine rings is 1. The van der Waals surface area contributed by atoms with Crippen molar-refractivity contribution in [3.05, 3.63) is 42.0 Å². The SMILES string of the molecule is NCc1cc(C(=O)NCCn2ccnn2)ccn1. The molecule has 7 heteroatoms. The van der Waals surface area contributed by atoms with Gasteiger partial charge in [0.2, 0.25) is 0 Å². The van der Waals surface area contributed by atoms with Gasteiger partial charge in [-0.1, -0.05) is 5.21 Å². The Morgan fingerprint density at radius 3 is 3.06 bits per heavy atom. The molecule has 0 spiro atoms. The van der Waals surface area contributed by atoms with Crippen LogP contribution in [-0.2, 0) is 13.1 Å². The van der Waals surface area contributed by atoms with Crippen molar-refractivity contribution in [2.75, 3.05) is 6.54 Å². The molecular weight excluding hydrogens is 232 g/mol. The minimum absolute atomic E-state index is 0.146. The van der Waals surface area contributed by atoms with E-state index in [0.717, 1.165) is 0 Å². The standard InChI is InChI=1S/C11H14N6O/c12-8-10-7-9(1-2-13-10)11(18)14-3-5-17-6-4-15-16-17/h1-2,4,6-7H,3,5,8,12H2,(H,14,18). The quantitative estimate of drug-likeness (QED) is 0.745. The van der Waals surface area contributed by atoms with E-state index in [2.05, 4.69) is 20.6 Å². The van der Waals surface area contributed by atoms with E-state index in [4.69, 9.17) is 5.73 Å². The van der Waals surface area contributed by atoms with E-state index in [0.29, 0.717) is 30.9 Å². The maximum atomic E-state index is 11.8. The van der Waals surface area contributed by atoms with Crippen molar-refractivity contribution in [2.24, 2.45) is 5.73 Å². The van der Waals surface area contributed by atoms with Gasteiger partial charge in [0.15, 0.2) is 0 Å². The van der Waals surface area contributed by atoms with Crippen LogP contribution < -0.4 is 11.1 Å². The molecule has 94 valence electrons. The number of hydrogen-bond donors (Lipinski definition) is 2. The van der Waals surface area contributed by atoms with Crippen LogP contribution in [0.4, 0.5) is 0 Å². The van der Waals surface area contributed by atoms with E-state index in [9.17, 15) is 4.79 Å². The molecule has 3 N–H and O–H groups in total. The second-order valence-electron chi connectivity index (χ2n) is 3.66. The van der Waals surface area contributed by atoms with Crippen LogP contribution in [0.1, 0.15) is 16.1 Å². The first-order valence-electron chi connectivity index (χ1n) is 5.57. The Labute approximate surface area is 104 Å². The molecular formula is C11H14N6O. The fourth-order valence-corrected chi connectivity index (χ4v) is 1.47. The normalized spacial score (nSPS) is 10.3. The van der Waals surface area contributed by atoms with Crippen molar-refractivity contribution in [2.45, 2.75) is 13.1 Å². The van der Waals surface area contributed by atoms with Gasteiger partial charge in [-0.2, -0.15) is 0 Å². The molecule has 0 radical (unpaired) electrons. The highest BCUT2D eigenvalue weighted by Gasteiger charge is 2.05. The lowest BCUT2D eigenvalue weighted by molar-refractivity contribution is 0.0951. The van der Waals surface area contributed by atoms with Gasteiger partial charge in [0, 0.05) is 31.0 Å². The van der Waals surface area contributed by atoms with Gasteiger partial charge in [0.1, 0.15) is 0 Å². The summed E-state index contributed by atoms with van der Waals surface area (Å²) in [6, 6.07) is 3.34. The third-order valence-electron chi connectivity index (χ3n) is 2.39. The van der Waals surface area contributed by atoms with Gasteiger partial charge in [0.25, 0.3) is 5.91 Å². The number of carbonyl (C=O) groups is 1. The molecule has 0 aliphatic heterocycles. The van der Waals surface area contributed by atoms with Crippen molar-refractivity contribution in [1.29, 1.82) is 0 Å². The van der Waals surface area contributed by atoms with Gasteiger partial charge in [0.05, 0.1) is 18.4 Å². The second-order valence-corrected chi connectivity index (χ2v) is 3.66. The average molecular weight is 246 g/mol. The topological polar surface area (TPSA) is 98.7 Å². The maximum absolute atomic E-state index is 11.8. The zero-order valence-electron chi connectivity index (χ0n) is 9.78. The van der Waals surface area contributed by atoms with E-state index < -0.39 is 0 Å². The number of amides is 1. The lowest BCUT2D eigenvalue weighted by atomic mass is 10.2. The number of nitrogens with one attached hydrogen (secondary N) is 1. The van der Waals surface area contributed by atoms with E-state index in [1.165, 1.54) is 0 Å². The molecule has 2 heterocycles. The third kappa shape index (κ3) is 3.11. The van der Waals surface area contributed by atoms with Gasteiger partial charge in [-0.15, -0.1) is 5.10 Å². The summed E-state index contributed by atoms with van der Waals surface area (Å²) >= 11 is 0. The third-order valence-corrected chi connectivity index (χ3v) is 2.39. The second kappa shape index (κ2) is 5.87.